The van der Waals surface area contributed by atoms with Gasteiger partial charge in [0.2, 0.25) is 0 Å². The molecule has 0 unspecified atom stereocenters. The molecule has 35 heavy (non-hydrogen) atoms. The minimum absolute atomic E-state index is 0.0973. The van der Waals surface area contributed by atoms with Gasteiger partial charge in [0.25, 0.3) is 5.56 Å². The van der Waals surface area contributed by atoms with Crippen molar-refractivity contribution in [2.45, 2.75) is 50.6 Å². The minimum atomic E-state index is -4.81. The summed E-state index contributed by atoms with van der Waals surface area (Å²) in [5, 5.41) is 18.4. The molecule has 3 heterocycles. The number of aromatic amines is 1. The highest BCUT2D eigenvalue weighted by atomic mass is 19.4. The number of hydrogen-bond acceptors (Lipinski definition) is 9. The van der Waals surface area contributed by atoms with Crippen LogP contribution >= 0.6 is 0 Å². The second-order valence-corrected chi connectivity index (χ2v) is 8.97. The molecule has 4 rings (SSSR count). The average molecular weight is 498 g/mol. The third-order valence-electron chi connectivity index (χ3n) is 6.14. The fraction of sp³-hybridized carbons (Fsp3) is 0.636. The normalized spacial score (nSPS) is 18.9. The molecule has 0 radical (unpaired) electrons. The fourth-order valence-electron chi connectivity index (χ4n) is 4.06. The van der Waals surface area contributed by atoms with E-state index in [1.165, 1.54) is 12.8 Å². The number of piperazine rings is 1. The summed E-state index contributed by atoms with van der Waals surface area (Å²) in [5.41, 5.74) is -1.97. The van der Waals surface area contributed by atoms with Crippen LogP contribution < -0.4 is 15.8 Å². The summed E-state index contributed by atoms with van der Waals surface area (Å²) in [7, 11) is 0. The number of aliphatic hydroxyl groups excluding tert-OH is 1. The number of aromatic nitrogens is 4. The summed E-state index contributed by atoms with van der Waals surface area (Å²) in [4.78, 5) is 24.7. The fourth-order valence-corrected chi connectivity index (χ4v) is 4.06. The van der Waals surface area contributed by atoms with Crippen molar-refractivity contribution in [3.05, 3.63) is 40.2 Å². The van der Waals surface area contributed by atoms with Gasteiger partial charge < -0.3 is 20.1 Å². The van der Waals surface area contributed by atoms with E-state index < -0.39 is 35.3 Å². The van der Waals surface area contributed by atoms with Crippen LogP contribution in [0.15, 0.2) is 23.4 Å². The molecule has 1 saturated carbocycles. The van der Waals surface area contributed by atoms with Gasteiger partial charge in [-0.1, -0.05) is 0 Å². The predicted molar refractivity (Wildman–Crippen MR) is 122 cm³/mol. The molecule has 2 aromatic rings. The van der Waals surface area contributed by atoms with E-state index in [4.69, 9.17) is 4.74 Å². The standard InChI is InChI=1S/C22H30F3N7O3/c1-14(29-17-11-28-30-21(34)20(17)22(23,24)25)13-35-9-4-19(33)32-7-5-31(6-8-32)18-12-26-16(10-27-18)15-2-3-15/h10-12,14-15,19,33H,2-9,13H2,1H3,(H2,29,30,34)/t14-,19-/m0/s1. The second-order valence-electron chi connectivity index (χ2n) is 8.97. The molecule has 2 aromatic heterocycles. The van der Waals surface area contributed by atoms with Crippen LogP contribution in [0.5, 0.6) is 0 Å². The smallest absolute Gasteiger partial charge is 0.379 e. The number of halogens is 3. The zero-order valence-electron chi connectivity index (χ0n) is 19.5. The maximum Gasteiger partial charge on any atom is 0.423 e. The van der Waals surface area contributed by atoms with E-state index in [0.717, 1.165) is 30.8 Å². The van der Waals surface area contributed by atoms with Crippen molar-refractivity contribution in [2.75, 3.05) is 49.6 Å². The number of ether oxygens (including phenoxy) is 1. The number of H-pyrrole nitrogens is 1. The Morgan fingerprint density at radius 2 is 1.94 bits per heavy atom. The molecule has 3 N–H and O–H groups in total. The molecule has 1 saturated heterocycles. The summed E-state index contributed by atoms with van der Waals surface area (Å²) in [6.07, 6.45) is 1.86. The molecule has 1 aliphatic carbocycles. The van der Waals surface area contributed by atoms with E-state index in [1.54, 1.807) is 12.0 Å². The first-order valence-electron chi connectivity index (χ1n) is 11.7. The van der Waals surface area contributed by atoms with Crippen LogP contribution in [0.1, 0.15) is 43.4 Å². The van der Waals surface area contributed by atoms with Crippen LogP contribution in [0.4, 0.5) is 24.7 Å². The van der Waals surface area contributed by atoms with Gasteiger partial charge in [-0.2, -0.15) is 18.3 Å². The maximum absolute atomic E-state index is 13.1. The quantitative estimate of drug-likeness (QED) is 0.422. The van der Waals surface area contributed by atoms with Crippen LogP contribution in [0.25, 0.3) is 0 Å². The van der Waals surface area contributed by atoms with Crippen LogP contribution in [0.2, 0.25) is 0 Å². The average Bonchev–Trinajstić information content (AvgIpc) is 3.67. The van der Waals surface area contributed by atoms with Crippen molar-refractivity contribution in [1.29, 1.82) is 0 Å². The predicted octanol–water partition coefficient (Wildman–Crippen LogP) is 1.80. The van der Waals surface area contributed by atoms with Crippen molar-refractivity contribution in [3.63, 3.8) is 0 Å². The van der Waals surface area contributed by atoms with Crippen molar-refractivity contribution in [1.82, 2.24) is 25.1 Å². The van der Waals surface area contributed by atoms with E-state index in [-0.39, 0.29) is 13.2 Å². The maximum atomic E-state index is 13.1. The molecule has 0 bridgehead atoms. The largest absolute Gasteiger partial charge is 0.423 e. The van der Waals surface area contributed by atoms with E-state index in [1.807, 2.05) is 17.3 Å². The Kier molecular flexibility index (Phi) is 7.87. The number of rotatable bonds is 10. The summed E-state index contributed by atoms with van der Waals surface area (Å²) in [5.74, 6) is 1.42. The minimum Gasteiger partial charge on any atom is -0.379 e. The molecule has 2 atom stereocenters. The Hall–Kier alpha value is -2.77. The van der Waals surface area contributed by atoms with Gasteiger partial charge in [0.1, 0.15) is 17.6 Å². The lowest BCUT2D eigenvalue weighted by Gasteiger charge is -2.37. The molecule has 1 aliphatic heterocycles. The molecular weight excluding hydrogens is 467 g/mol. The lowest BCUT2D eigenvalue weighted by Crippen LogP contribution is -2.51. The van der Waals surface area contributed by atoms with Crippen LogP contribution in [0, 0.1) is 0 Å². The molecule has 0 amide bonds. The zero-order valence-corrected chi connectivity index (χ0v) is 19.5. The monoisotopic (exact) mass is 497 g/mol. The van der Waals surface area contributed by atoms with E-state index in [9.17, 15) is 23.1 Å². The van der Waals surface area contributed by atoms with Crippen molar-refractivity contribution in [3.8, 4) is 0 Å². The van der Waals surface area contributed by atoms with E-state index in [2.05, 4.69) is 25.3 Å². The van der Waals surface area contributed by atoms with Crippen LogP contribution in [-0.4, -0.2) is 81.8 Å². The van der Waals surface area contributed by atoms with Gasteiger partial charge in [0.05, 0.1) is 43.2 Å². The Morgan fingerprint density at radius 3 is 2.57 bits per heavy atom. The first-order valence-corrected chi connectivity index (χ1v) is 11.7. The van der Waals surface area contributed by atoms with Gasteiger partial charge in [-0.05, 0) is 19.8 Å². The zero-order chi connectivity index (χ0) is 25.0. The molecule has 13 heteroatoms. The van der Waals surface area contributed by atoms with Crippen molar-refractivity contribution in [2.24, 2.45) is 0 Å². The Labute approximate surface area is 200 Å². The summed E-state index contributed by atoms with van der Waals surface area (Å²) >= 11 is 0. The van der Waals surface area contributed by atoms with Gasteiger partial charge in [-0.3, -0.25) is 14.7 Å². The summed E-state index contributed by atoms with van der Waals surface area (Å²) in [6, 6.07) is -0.507. The molecule has 10 nitrogen and oxygen atoms in total. The van der Waals surface area contributed by atoms with E-state index in [0.29, 0.717) is 25.4 Å². The first kappa shape index (κ1) is 25.3. The van der Waals surface area contributed by atoms with Gasteiger partial charge in [-0.25, -0.2) is 10.1 Å². The number of hydrogen-bond donors (Lipinski definition) is 3. The number of nitrogens with zero attached hydrogens (tertiary/aromatic N) is 5. The van der Waals surface area contributed by atoms with Crippen LogP contribution in [0.3, 0.4) is 0 Å². The highest BCUT2D eigenvalue weighted by Gasteiger charge is 2.37. The van der Waals surface area contributed by atoms with Gasteiger partial charge >= 0.3 is 6.18 Å². The number of anilines is 2. The second kappa shape index (κ2) is 10.9. The summed E-state index contributed by atoms with van der Waals surface area (Å²) < 4.78 is 45.0. The van der Waals surface area contributed by atoms with Crippen LogP contribution in [-0.2, 0) is 10.9 Å². The highest BCUT2D eigenvalue weighted by Crippen LogP contribution is 2.38. The Bertz CT molecular complexity index is 1020. The summed E-state index contributed by atoms with van der Waals surface area (Å²) in [6.45, 7) is 4.75. The lowest BCUT2D eigenvalue weighted by molar-refractivity contribution is -0.138. The Morgan fingerprint density at radius 1 is 1.20 bits per heavy atom. The first-order chi connectivity index (χ1) is 16.7. The van der Waals surface area contributed by atoms with Gasteiger partial charge in [0.15, 0.2) is 0 Å². The highest BCUT2D eigenvalue weighted by molar-refractivity contribution is 5.50. The topological polar surface area (TPSA) is 120 Å². The molecule has 0 aromatic carbocycles. The number of nitrogens with one attached hydrogen (secondary N) is 2. The molecule has 2 aliphatic rings. The van der Waals surface area contributed by atoms with Crippen molar-refractivity contribution >= 4 is 11.5 Å². The van der Waals surface area contributed by atoms with Gasteiger partial charge in [0, 0.05) is 44.6 Å². The lowest BCUT2D eigenvalue weighted by atomic mass is 10.2. The van der Waals surface area contributed by atoms with Crippen molar-refractivity contribution < 1.29 is 23.0 Å². The third kappa shape index (κ3) is 6.67. The molecule has 2 fully saturated rings. The SMILES string of the molecule is C[C@@H](COCC[C@H](O)N1CCN(c2cnc(C3CC3)cn2)CC1)Nc1cn[nH]c(=O)c1C(F)(F)F. The number of aliphatic hydroxyl groups is 1. The number of alkyl halides is 3. The molecule has 0 spiro atoms. The molecular formula is C22H30F3N7O3. The Balaban J connectivity index is 1.16. The van der Waals surface area contributed by atoms with E-state index >= 15 is 0 Å². The van der Waals surface area contributed by atoms with Gasteiger partial charge in [-0.15, -0.1) is 0 Å². The third-order valence-corrected chi connectivity index (χ3v) is 6.14. The molecule has 192 valence electrons.